The van der Waals surface area contributed by atoms with Crippen LogP contribution in [-0.2, 0) is 9.53 Å². The first-order valence-corrected chi connectivity index (χ1v) is 6.59. The van der Waals surface area contributed by atoms with E-state index in [1.165, 1.54) is 0 Å². The molecular weight excluding hydrogens is 236 g/mol. The van der Waals surface area contributed by atoms with Crippen molar-refractivity contribution in [2.24, 2.45) is 11.1 Å². The lowest BCUT2D eigenvalue weighted by molar-refractivity contribution is -0.145. The average molecular weight is 258 g/mol. The monoisotopic (exact) mass is 258 g/mol. The molecule has 0 aromatic heterocycles. The number of nitrogens with two attached hydrogens (primary N) is 1. The zero-order chi connectivity index (χ0) is 13.1. The van der Waals surface area contributed by atoms with E-state index in [9.17, 15) is 4.79 Å². The molecule has 0 spiro atoms. The van der Waals surface area contributed by atoms with E-state index < -0.39 is 5.41 Å². The molecule has 1 unspecified atom stereocenters. The van der Waals surface area contributed by atoms with E-state index in [-0.39, 0.29) is 12.0 Å². The van der Waals surface area contributed by atoms with Crippen molar-refractivity contribution >= 4 is 23.1 Å². The zero-order valence-corrected chi connectivity index (χ0v) is 11.7. The van der Waals surface area contributed by atoms with Crippen LogP contribution in [0.1, 0.15) is 33.6 Å². The highest BCUT2D eigenvalue weighted by atomic mass is 32.1. The van der Waals surface area contributed by atoms with Crippen molar-refractivity contribution in [3.8, 4) is 0 Å². The van der Waals surface area contributed by atoms with E-state index in [0.717, 1.165) is 0 Å². The Kier molecular flexibility index (Phi) is 4.89. The van der Waals surface area contributed by atoms with Crippen LogP contribution >= 0.6 is 12.2 Å². The minimum Gasteiger partial charge on any atom is -0.392 e. The van der Waals surface area contributed by atoms with Crippen molar-refractivity contribution in [2.45, 2.75) is 39.7 Å². The van der Waals surface area contributed by atoms with Gasteiger partial charge in [-0.3, -0.25) is 4.79 Å². The van der Waals surface area contributed by atoms with E-state index >= 15 is 0 Å². The summed E-state index contributed by atoms with van der Waals surface area (Å²) < 4.78 is 5.44. The molecule has 1 aliphatic rings. The molecule has 1 aliphatic heterocycles. The Morgan fingerprint density at radius 3 is 2.53 bits per heavy atom. The van der Waals surface area contributed by atoms with Crippen LogP contribution in [0.25, 0.3) is 0 Å². The topological polar surface area (TPSA) is 55.6 Å². The van der Waals surface area contributed by atoms with E-state index in [1.807, 2.05) is 25.7 Å². The van der Waals surface area contributed by atoms with E-state index in [4.69, 9.17) is 22.7 Å². The number of carbonyl (C=O) groups is 1. The highest BCUT2D eigenvalue weighted by Crippen LogP contribution is 2.30. The van der Waals surface area contributed by atoms with Crippen LogP contribution in [0, 0.1) is 5.41 Å². The predicted molar refractivity (Wildman–Crippen MR) is 71.8 cm³/mol. The SMILES string of the molecule is CCC(CC)(C(=O)N1CCOC(C)C1)C(N)=S. The van der Waals surface area contributed by atoms with E-state index in [2.05, 4.69) is 0 Å². The quantitative estimate of drug-likeness (QED) is 0.773. The first-order chi connectivity index (χ1) is 7.97. The number of thiocarbonyl (C=S) groups is 1. The van der Waals surface area contributed by atoms with Crippen LogP contribution in [0.4, 0.5) is 0 Å². The van der Waals surface area contributed by atoms with Gasteiger partial charge in [0.2, 0.25) is 5.91 Å². The summed E-state index contributed by atoms with van der Waals surface area (Å²) in [5.74, 6) is 0.0603. The van der Waals surface area contributed by atoms with Gasteiger partial charge in [-0.2, -0.15) is 0 Å². The Bertz CT molecular complexity index is 303. The van der Waals surface area contributed by atoms with Crippen molar-refractivity contribution in [1.82, 2.24) is 4.90 Å². The Balaban J connectivity index is 2.88. The maximum absolute atomic E-state index is 12.6. The minimum absolute atomic E-state index is 0.0603. The molecular formula is C12H22N2O2S. The summed E-state index contributed by atoms with van der Waals surface area (Å²) >= 11 is 5.10. The number of morpholine rings is 1. The first-order valence-electron chi connectivity index (χ1n) is 6.18. The molecule has 0 aliphatic carbocycles. The van der Waals surface area contributed by atoms with Crippen LogP contribution in [0.15, 0.2) is 0 Å². The van der Waals surface area contributed by atoms with E-state index in [0.29, 0.717) is 37.5 Å². The smallest absolute Gasteiger partial charge is 0.235 e. The molecule has 0 radical (unpaired) electrons. The molecule has 1 atom stereocenters. The number of nitrogens with zero attached hydrogens (tertiary/aromatic N) is 1. The molecule has 1 fully saturated rings. The van der Waals surface area contributed by atoms with Gasteiger partial charge in [0.15, 0.2) is 0 Å². The fraction of sp³-hybridized carbons (Fsp3) is 0.833. The highest BCUT2D eigenvalue weighted by molar-refractivity contribution is 7.80. The third-order valence-electron chi connectivity index (χ3n) is 3.62. The molecule has 0 aromatic rings. The average Bonchev–Trinajstić information content (AvgIpc) is 2.30. The maximum atomic E-state index is 12.6. The number of carbonyl (C=O) groups excluding carboxylic acids is 1. The molecule has 4 nitrogen and oxygen atoms in total. The third-order valence-corrected chi connectivity index (χ3v) is 4.01. The summed E-state index contributed by atoms with van der Waals surface area (Å²) in [6.45, 7) is 7.75. The van der Waals surface area contributed by atoms with Gasteiger partial charge in [0.1, 0.15) is 0 Å². The van der Waals surface area contributed by atoms with Crippen molar-refractivity contribution < 1.29 is 9.53 Å². The molecule has 1 rings (SSSR count). The van der Waals surface area contributed by atoms with Crippen LogP contribution in [-0.4, -0.2) is 41.6 Å². The van der Waals surface area contributed by atoms with E-state index in [1.54, 1.807) is 0 Å². The number of hydrogen-bond donors (Lipinski definition) is 1. The van der Waals surface area contributed by atoms with Gasteiger partial charge in [0, 0.05) is 13.1 Å². The largest absolute Gasteiger partial charge is 0.392 e. The summed E-state index contributed by atoms with van der Waals surface area (Å²) in [5, 5.41) is 0. The summed E-state index contributed by atoms with van der Waals surface area (Å²) in [5.41, 5.74) is 5.11. The molecule has 1 amide bonds. The second kappa shape index (κ2) is 5.78. The first kappa shape index (κ1) is 14.4. The molecule has 98 valence electrons. The standard InChI is InChI=1S/C12H22N2O2S/c1-4-12(5-2,10(13)17)11(15)14-6-7-16-9(3)8-14/h9H,4-8H2,1-3H3,(H2,13,17). The second-order valence-corrected chi connectivity index (χ2v) is 5.03. The lowest BCUT2D eigenvalue weighted by Gasteiger charge is -2.38. The minimum atomic E-state index is -0.674. The lowest BCUT2D eigenvalue weighted by Crippen LogP contribution is -2.54. The van der Waals surface area contributed by atoms with Gasteiger partial charge < -0.3 is 15.4 Å². The summed E-state index contributed by atoms with van der Waals surface area (Å²) in [4.78, 5) is 14.7. The number of amides is 1. The lowest BCUT2D eigenvalue weighted by atomic mass is 9.80. The van der Waals surface area contributed by atoms with Gasteiger partial charge >= 0.3 is 0 Å². The van der Waals surface area contributed by atoms with Crippen LogP contribution in [0.2, 0.25) is 0 Å². The molecule has 0 saturated carbocycles. The Hall–Kier alpha value is -0.680. The van der Waals surface area contributed by atoms with Gasteiger partial charge in [0.25, 0.3) is 0 Å². The van der Waals surface area contributed by atoms with Crippen molar-refractivity contribution in [2.75, 3.05) is 19.7 Å². The summed E-state index contributed by atoms with van der Waals surface area (Å²) in [6.07, 6.45) is 1.40. The van der Waals surface area contributed by atoms with Crippen molar-refractivity contribution in [3.05, 3.63) is 0 Å². The van der Waals surface area contributed by atoms with Crippen LogP contribution < -0.4 is 5.73 Å². The molecule has 0 bridgehead atoms. The molecule has 0 aromatic carbocycles. The van der Waals surface area contributed by atoms with Crippen molar-refractivity contribution in [3.63, 3.8) is 0 Å². The fourth-order valence-corrected chi connectivity index (χ4v) is 2.69. The molecule has 5 heteroatoms. The number of rotatable bonds is 4. The fourth-order valence-electron chi connectivity index (χ4n) is 2.31. The second-order valence-electron chi connectivity index (χ2n) is 4.59. The Labute approximate surface area is 108 Å². The zero-order valence-electron chi connectivity index (χ0n) is 10.9. The molecule has 1 saturated heterocycles. The molecule has 17 heavy (non-hydrogen) atoms. The van der Waals surface area contributed by atoms with Crippen molar-refractivity contribution in [1.29, 1.82) is 0 Å². The summed E-state index contributed by atoms with van der Waals surface area (Å²) in [6, 6.07) is 0. The highest BCUT2D eigenvalue weighted by Gasteiger charge is 2.41. The Morgan fingerprint density at radius 1 is 1.53 bits per heavy atom. The molecule has 2 N–H and O–H groups in total. The predicted octanol–water partition coefficient (Wildman–Crippen LogP) is 1.33. The van der Waals surface area contributed by atoms with Gasteiger partial charge in [-0.1, -0.05) is 26.1 Å². The summed E-state index contributed by atoms with van der Waals surface area (Å²) in [7, 11) is 0. The van der Waals surface area contributed by atoms with Gasteiger partial charge in [-0.25, -0.2) is 0 Å². The number of ether oxygens (including phenoxy) is 1. The molecule has 1 heterocycles. The van der Waals surface area contributed by atoms with Crippen LogP contribution in [0.3, 0.4) is 0 Å². The van der Waals surface area contributed by atoms with Gasteiger partial charge in [-0.15, -0.1) is 0 Å². The normalized spacial score (nSPS) is 21.4. The number of hydrogen-bond acceptors (Lipinski definition) is 3. The third kappa shape index (κ3) is 2.77. The van der Waals surface area contributed by atoms with Crippen LogP contribution in [0.5, 0.6) is 0 Å². The van der Waals surface area contributed by atoms with Gasteiger partial charge in [0.05, 0.1) is 23.1 Å². The van der Waals surface area contributed by atoms with Gasteiger partial charge in [-0.05, 0) is 19.8 Å². The maximum Gasteiger partial charge on any atom is 0.235 e. The Morgan fingerprint density at radius 2 is 2.12 bits per heavy atom.